The second-order valence-corrected chi connectivity index (χ2v) is 5.64. The molecule has 1 fully saturated rings. The van der Waals surface area contributed by atoms with Crippen LogP contribution in [0.3, 0.4) is 0 Å². The Hall–Kier alpha value is -0.960. The van der Waals surface area contributed by atoms with Gasteiger partial charge in [0.1, 0.15) is 0 Å². The first-order valence-electron chi connectivity index (χ1n) is 6.63. The van der Waals surface area contributed by atoms with Crippen LogP contribution in [0.2, 0.25) is 0 Å². The van der Waals surface area contributed by atoms with Gasteiger partial charge in [0.15, 0.2) is 0 Å². The molecule has 100 valence electrons. The standard InChI is InChI=1S/C15H21F2N/c1-14(16,17)10-12-5-4-6-13(9-12)15(11-18)7-2-3-8-15/h4-6,9H,2-3,7-8,10-11,18H2,1H3. The van der Waals surface area contributed by atoms with Gasteiger partial charge in [-0.2, -0.15) is 0 Å². The van der Waals surface area contributed by atoms with E-state index < -0.39 is 5.92 Å². The lowest BCUT2D eigenvalue weighted by molar-refractivity contribution is 0.0226. The predicted molar refractivity (Wildman–Crippen MR) is 70.0 cm³/mol. The third-order valence-corrected chi connectivity index (χ3v) is 4.01. The van der Waals surface area contributed by atoms with Crippen LogP contribution < -0.4 is 5.73 Å². The number of benzene rings is 1. The molecule has 3 heteroatoms. The van der Waals surface area contributed by atoms with Gasteiger partial charge < -0.3 is 5.73 Å². The SMILES string of the molecule is CC(F)(F)Cc1cccc(C2(CN)CCCC2)c1. The second-order valence-electron chi connectivity index (χ2n) is 5.64. The number of hydrogen-bond donors (Lipinski definition) is 1. The lowest BCUT2D eigenvalue weighted by Crippen LogP contribution is -2.32. The molecule has 0 saturated heterocycles. The Balaban J connectivity index is 2.26. The molecule has 0 amide bonds. The van der Waals surface area contributed by atoms with Crippen LogP contribution in [0.5, 0.6) is 0 Å². The maximum atomic E-state index is 13.1. The molecule has 1 saturated carbocycles. The fourth-order valence-electron chi connectivity index (χ4n) is 3.03. The van der Waals surface area contributed by atoms with Crippen LogP contribution in [0.4, 0.5) is 8.78 Å². The zero-order chi connectivity index (χ0) is 13.2. The monoisotopic (exact) mass is 253 g/mol. The predicted octanol–water partition coefficient (Wildman–Crippen LogP) is 3.65. The van der Waals surface area contributed by atoms with Crippen molar-refractivity contribution in [1.29, 1.82) is 0 Å². The van der Waals surface area contributed by atoms with Gasteiger partial charge in [-0.3, -0.25) is 0 Å². The van der Waals surface area contributed by atoms with Gasteiger partial charge in [0.05, 0.1) is 0 Å². The highest BCUT2D eigenvalue weighted by Crippen LogP contribution is 2.40. The fourth-order valence-corrected chi connectivity index (χ4v) is 3.03. The van der Waals surface area contributed by atoms with Crippen molar-refractivity contribution in [3.63, 3.8) is 0 Å². The molecule has 2 N–H and O–H groups in total. The molecule has 0 aliphatic heterocycles. The summed E-state index contributed by atoms with van der Waals surface area (Å²) in [6.07, 6.45) is 4.34. The molecule has 1 aromatic rings. The Kier molecular flexibility index (Phi) is 3.71. The summed E-state index contributed by atoms with van der Waals surface area (Å²) >= 11 is 0. The number of hydrogen-bond acceptors (Lipinski definition) is 1. The molecule has 0 unspecified atom stereocenters. The van der Waals surface area contributed by atoms with Crippen molar-refractivity contribution in [2.75, 3.05) is 6.54 Å². The van der Waals surface area contributed by atoms with Crippen molar-refractivity contribution in [3.8, 4) is 0 Å². The number of alkyl halides is 2. The molecule has 1 aromatic carbocycles. The highest BCUT2D eigenvalue weighted by Gasteiger charge is 2.34. The Bertz CT molecular complexity index is 403. The van der Waals surface area contributed by atoms with E-state index in [1.165, 1.54) is 12.8 Å². The first-order valence-corrected chi connectivity index (χ1v) is 6.63. The minimum atomic E-state index is -2.65. The van der Waals surface area contributed by atoms with Crippen LogP contribution in [-0.2, 0) is 11.8 Å². The topological polar surface area (TPSA) is 26.0 Å². The van der Waals surface area contributed by atoms with E-state index in [-0.39, 0.29) is 11.8 Å². The minimum absolute atomic E-state index is 0.0268. The number of halogens is 2. The molecule has 0 spiro atoms. The van der Waals surface area contributed by atoms with E-state index in [9.17, 15) is 8.78 Å². The molecule has 0 heterocycles. The highest BCUT2D eigenvalue weighted by molar-refractivity contribution is 5.32. The summed E-state index contributed by atoms with van der Waals surface area (Å²) in [5.74, 6) is -2.65. The molecular weight excluding hydrogens is 232 g/mol. The number of nitrogens with two attached hydrogens (primary N) is 1. The van der Waals surface area contributed by atoms with E-state index in [1.807, 2.05) is 18.2 Å². The van der Waals surface area contributed by atoms with Crippen LogP contribution in [0, 0.1) is 0 Å². The van der Waals surface area contributed by atoms with Crippen LogP contribution in [0.25, 0.3) is 0 Å². The zero-order valence-electron chi connectivity index (χ0n) is 10.9. The lowest BCUT2D eigenvalue weighted by atomic mass is 9.78. The van der Waals surface area contributed by atoms with E-state index in [1.54, 1.807) is 6.07 Å². The van der Waals surface area contributed by atoms with E-state index in [4.69, 9.17) is 5.73 Å². The zero-order valence-corrected chi connectivity index (χ0v) is 10.9. The number of rotatable bonds is 4. The summed E-state index contributed by atoms with van der Waals surface area (Å²) in [6, 6.07) is 7.62. The van der Waals surface area contributed by atoms with Gasteiger partial charge >= 0.3 is 0 Å². The second kappa shape index (κ2) is 4.96. The molecule has 1 aliphatic rings. The Morgan fingerprint density at radius 2 is 1.94 bits per heavy atom. The lowest BCUT2D eigenvalue weighted by Gasteiger charge is -2.28. The first kappa shape index (κ1) is 13.5. The van der Waals surface area contributed by atoms with Gasteiger partial charge in [0.2, 0.25) is 5.92 Å². The summed E-state index contributed by atoms with van der Waals surface area (Å²) in [5.41, 5.74) is 7.81. The van der Waals surface area contributed by atoms with Crippen LogP contribution in [0.15, 0.2) is 24.3 Å². The summed E-state index contributed by atoms with van der Waals surface area (Å²) < 4.78 is 26.1. The van der Waals surface area contributed by atoms with Crippen molar-refractivity contribution < 1.29 is 8.78 Å². The van der Waals surface area contributed by atoms with Crippen molar-refractivity contribution >= 4 is 0 Å². The molecule has 1 nitrogen and oxygen atoms in total. The Morgan fingerprint density at radius 1 is 1.28 bits per heavy atom. The van der Waals surface area contributed by atoms with Gasteiger partial charge in [0.25, 0.3) is 0 Å². The summed E-state index contributed by atoms with van der Waals surface area (Å²) in [7, 11) is 0. The van der Waals surface area contributed by atoms with Crippen molar-refractivity contribution in [2.45, 2.75) is 50.4 Å². The van der Waals surface area contributed by atoms with Gasteiger partial charge in [0, 0.05) is 18.4 Å². The molecule has 0 radical (unpaired) electrons. The average Bonchev–Trinajstić information content (AvgIpc) is 2.77. The van der Waals surface area contributed by atoms with Gasteiger partial charge in [-0.25, -0.2) is 8.78 Å². The van der Waals surface area contributed by atoms with E-state index in [0.29, 0.717) is 12.1 Å². The maximum Gasteiger partial charge on any atom is 0.249 e. The van der Waals surface area contributed by atoms with E-state index >= 15 is 0 Å². The third-order valence-electron chi connectivity index (χ3n) is 4.01. The largest absolute Gasteiger partial charge is 0.330 e. The van der Waals surface area contributed by atoms with Crippen LogP contribution in [0.1, 0.15) is 43.7 Å². The summed E-state index contributed by atoms with van der Waals surface area (Å²) in [5, 5.41) is 0. The van der Waals surface area contributed by atoms with E-state index in [0.717, 1.165) is 25.3 Å². The molecule has 18 heavy (non-hydrogen) atoms. The van der Waals surface area contributed by atoms with Crippen LogP contribution in [-0.4, -0.2) is 12.5 Å². The fraction of sp³-hybridized carbons (Fsp3) is 0.600. The molecule has 2 rings (SSSR count). The van der Waals surface area contributed by atoms with Crippen molar-refractivity contribution in [3.05, 3.63) is 35.4 Å². The van der Waals surface area contributed by atoms with Crippen LogP contribution >= 0.6 is 0 Å². The average molecular weight is 253 g/mol. The Labute approximate surface area is 107 Å². The molecule has 0 aromatic heterocycles. The van der Waals surface area contributed by atoms with Crippen molar-refractivity contribution in [1.82, 2.24) is 0 Å². The minimum Gasteiger partial charge on any atom is -0.330 e. The van der Waals surface area contributed by atoms with E-state index in [2.05, 4.69) is 0 Å². The van der Waals surface area contributed by atoms with Gasteiger partial charge in [-0.1, -0.05) is 37.1 Å². The van der Waals surface area contributed by atoms with Gasteiger partial charge in [-0.05, 0) is 30.9 Å². The first-order chi connectivity index (χ1) is 8.45. The summed E-state index contributed by atoms with van der Waals surface area (Å²) in [6.45, 7) is 1.58. The Morgan fingerprint density at radius 3 is 2.50 bits per heavy atom. The molecule has 0 atom stereocenters. The third kappa shape index (κ3) is 2.89. The van der Waals surface area contributed by atoms with Crippen molar-refractivity contribution in [2.24, 2.45) is 5.73 Å². The highest BCUT2D eigenvalue weighted by atomic mass is 19.3. The smallest absolute Gasteiger partial charge is 0.249 e. The molecular formula is C15H21F2N. The normalized spacial score (nSPS) is 19.1. The maximum absolute atomic E-state index is 13.1. The summed E-state index contributed by atoms with van der Waals surface area (Å²) in [4.78, 5) is 0. The quantitative estimate of drug-likeness (QED) is 0.870. The molecule has 0 bridgehead atoms. The van der Waals surface area contributed by atoms with Gasteiger partial charge in [-0.15, -0.1) is 0 Å². The molecule has 1 aliphatic carbocycles.